The molecule has 0 saturated heterocycles. The third kappa shape index (κ3) is 6.07. The second-order valence-electron chi connectivity index (χ2n) is 6.67. The van der Waals surface area contributed by atoms with Gasteiger partial charge in [-0.15, -0.1) is 0 Å². The van der Waals surface area contributed by atoms with Crippen LogP contribution in [0.25, 0.3) is 11.1 Å². The highest BCUT2D eigenvalue weighted by molar-refractivity contribution is 5.99. The van der Waals surface area contributed by atoms with E-state index in [-0.39, 0.29) is 29.5 Å². The first-order chi connectivity index (χ1) is 14.7. The number of methoxy groups -OCH3 is 2. The van der Waals surface area contributed by atoms with Crippen LogP contribution in [0.2, 0.25) is 0 Å². The van der Waals surface area contributed by atoms with Crippen LogP contribution < -0.4 is 9.47 Å². The maximum atomic E-state index is 12.0. The highest BCUT2D eigenvalue weighted by atomic mass is 16.5. The monoisotopic (exact) mass is 432 g/mol. The predicted octanol–water partition coefficient (Wildman–Crippen LogP) is 5.64. The first-order valence-corrected chi connectivity index (χ1v) is 10.4. The van der Waals surface area contributed by atoms with Gasteiger partial charge < -0.3 is 19.7 Å². The summed E-state index contributed by atoms with van der Waals surface area (Å²) in [6.45, 7) is 12.7. The molecule has 0 aliphatic heterocycles. The molecule has 2 aromatic carbocycles. The molecule has 0 aliphatic carbocycles. The van der Waals surface area contributed by atoms with E-state index in [1.165, 1.54) is 33.6 Å². The van der Waals surface area contributed by atoms with Gasteiger partial charge in [0.15, 0.2) is 17.3 Å². The number of carbonyl (C=O) groups is 2. The Labute approximate surface area is 185 Å². The lowest BCUT2D eigenvalue weighted by atomic mass is 9.89. The first kappa shape index (κ1) is 28.1. The average Bonchev–Trinajstić information content (AvgIpc) is 2.76. The fraction of sp³-hybridized carbons (Fsp3) is 0.440. The fourth-order valence-electron chi connectivity index (χ4n) is 3.19. The number of hydrogen-bond donors (Lipinski definition) is 2. The van der Waals surface area contributed by atoms with E-state index in [2.05, 4.69) is 13.8 Å². The second-order valence-corrected chi connectivity index (χ2v) is 6.67. The van der Waals surface area contributed by atoms with Crippen LogP contribution >= 0.6 is 0 Å². The molecule has 0 amide bonds. The summed E-state index contributed by atoms with van der Waals surface area (Å²) in [7, 11) is 2.84. The van der Waals surface area contributed by atoms with Crippen molar-refractivity contribution in [3.8, 4) is 28.4 Å². The molecule has 0 aromatic heterocycles. The third-order valence-corrected chi connectivity index (χ3v) is 4.54. The standard InChI is InChI=1S/C20H22O6.C3H8.C2H6/c1-10-13(8-21)6-16(18(24)20(10)26-5)15-7-14(12(3)23)11(2)19(25-4)17(15)9-22;1-3-2;1-2/h6-8,22,24H,9H2,1-5H3;3H2,1-2H3;1-2H3. The number of ketones is 1. The molecule has 0 atom stereocenters. The van der Waals surface area contributed by atoms with E-state index in [1.807, 2.05) is 13.8 Å². The smallest absolute Gasteiger partial charge is 0.166 e. The third-order valence-electron chi connectivity index (χ3n) is 4.54. The molecule has 0 fully saturated rings. The van der Waals surface area contributed by atoms with Gasteiger partial charge in [-0.1, -0.05) is 34.1 Å². The van der Waals surface area contributed by atoms with Crippen LogP contribution in [0.3, 0.4) is 0 Å². The van der Waals surface area contributed by atoms with Gasteiger partial charge in [0.05, 0.1) is 20.8 Å². The molecule has 6 heteroatoms. The van der Waals surface area contributed by atoms with E-state index in [4.69, 9.17) is 9.47 Å². The van der Waals surface area contributed by atoms with E-state index in [0.717, 1.165) is 0 Å². The molecule has 0 aliphatic rings. The summed E-state index contributed by atoms with van der Waals surface area (Å²) in [5.74, 6) is 0.172. The van der Waals surface area contributed by atoms with E-state index in [1.54, 1.807) is 19.9 Å². The van der Waals surface area contributed by atoms with Crippen LogP contribution in [0.4, 0.5) is 0 Å². The summed E-state index contributed by atoms with van der Waals surface area (Å²) < 4.78 is 10.6. The number of carbonyl (C=O) groups excluding carboxylic acids is 2. The molecule has 2 rings (SSSR count). The SMILES string of the molecule is CC.CCC.COc1c(C)c(C=O)cc(-c2cc(C(C)=O)c(C)c(OC)c2CO)c1O. The summed E-state index contributed by atoms with van der Waals surface area (Å²) >= 11 is 0. The molecule has 0 radical (unpaired) electrons. The second kappa shape index (κ2) is 13.4. The van der Waals surface area contributed by atoms with Crippen LogP contribution in [-0.4, -0.2) is 36.5 Å². The Hall–Kier alpha value is -2.86. The Balaban J connectivity index is 0.00000165. The van der Waals surface area contributed by atoms with Crippen molar-refractivity contribution in [3.63, 3.8) is 0 Å². The van der Waals surface area contributed by atoms with Crippen LogP contribution in [0.15, 0.2) is 12.1 Å². The van der Waals surface area contributed by atoms with Crippen LogP contribution in [0.5, 0.6) is 17.2 Å². The molecule has 0 bridgehead atoms. The fourth-order valence-corrected chi connectivity index (χ4v) is 3.19. The Morgan fingerprint density at radius 1 is 1.00 bits per heavy atom. The summed E-state index contributed by atoms with van der Waals surface area (Å²) in [6.07, 6.45) is 1.91. The highest BCUT2D eigenvalue weighted by Crippen LogP contribution is 2.45. The number of ether oxygens (including phenoxy) is 2. The van der Waals surface area contributed by atoms with Crippen LogP contribution in [-0.2, 0) is 6.61 Å². The van der Waals surface area contributed by atoms with E-state index in [0.29, 0.717) is 45.4 Å². The normalized spacial score (nSPS) is 9.61. The van der Waals surface area contributed by atoms with Gasteiger partial charge in [0.2, 0.25) is 0 Å². The van der Waals surface area contributed by atoms with Crippen molar-refractivity contribution in [1.29, 1.82) is 0 Å². The average molecular weight is 433 g/mol. The lowest BCUT2D eigenvalue weighted by Gasteiger charge is -2.20. The topological polar surface area (TPSA) is 93.1 Å². The number of aliphatic hydroxyl groups excluding tert-OH is 1. The van der Waals surface area contributed by atoms with Crippen LogP contribution in [0, 0.1) is 13.8 Å². The number of Topliss-reactive ketones (excluding diaryl/α,β-unsaturated/α-hetero) is 1. The van der Waals surface area contributed by atoms with E-state index >= 15 is 0 Å². The van der Waals surface area contributed by atoms with E-state index in [9.17, 15) is 19.8 Å². The number of phenolic OH excluding ortho intramolecular Hbond substituents is 1. The van der Waals surface area contributed by atoms with Gasteiger partial charge in [-0.2, -0.15) is 0 Å². The molecule has 0 saturated carbocycles. The van der Waals surface area contributed by atoms with Crippen molar-refractivity contribution in [2.24, 2.45) is 0 Å². The van der Waals surface area contributed by atoms with E-state index < -0.39 is 0 Å². The Kier molecular flexibility index (Phi) is 12.2. The van der Waals surface area contributed by atoms with Gasteiger partial charge in [0, 0.05) is 33.4 Å². The maximum Gasteiger partial charge on any atom is 0.166 e. The minimum Gasteiger partial charge on any atom is -0.504 e. The summed E-state index contributed by atoms with van der Waals surface area (Å²) in [5, 5.41) is 20.6. The molecular weight excluding hydrogens is 396 g/mol. The van der Waals surface area contributed by atoms with Crippen molar-refractivity contribution in [3.05, 3.63) is 39.9 Å². The number of aliphatic hydroxyl groups is 1. The summed E-state index contributed by atoms with van der Waals surface area (Å²) in [4.78, 5) is 23.5. The zero-order valence-electron chi connectivity index (χ0n) is 20.2. The van der Waals surface area contributed by atoms with Crippen molar-refractivity contribution < 1.29 is 29.3 Å². The van der Waals surface area contributed by atoms with Crippen molar-refractivity contribution in [1.82, 2.24) is 0 Å². The number of rotatable bonds is 6. The molecule has 0 unspecified atom stereocenters. The number of aldehydes is 1. The Bertz CT molecular complexity index is 900. The number of hydrogen-bond acceptors (Lipinski definition) is 6. The van der Waals surface area contributed by atoms with Crippen molar-refractivity contribution in [2.45, 2.75) is 61.5 Å². The van der Waals surface area contributed by atoms with Gasteiger partial charge in [-0.3, -0.25) is 9.59 Å². The Morgan fingerprint density at radius 2 is 1.52 bits per heavy atom. The lowest BCUT2D eigenvalue weighted by Crippen LogP contribution is -2.06. The number of aromatic hydroxyl groups is 1. The van der Waals surface area contributed by atoms with Gasteiger partial charge in [-0.25, -0.2) is 0 Å². The molecule has 172 valence electrons. The van der Waals surface area contributed by atoms with Gasteiger partial charge >= 0.3 is 0 Å². The van der Waals surface area contributed by atoms with Gasteiger partial charge in [-0.05, 0) is 38.5 Å². The van der Waals surface area contributed by atoms with Crippen molar-refractivity contribution >= 4 is 12.1 Å². The summed E-state index contributed by atoms with van der Waals surface area (Å²) in [5.41, 5.74) is 2.93. The molecule has 6 nitrogen and oxygen atoms in total. The molecule has 0 heterocycles. The maximum absolute atomic E-state index is 12.0. The predicted molar refractivity (Wildman–Crippen MR) is 125 cm³/mol. The van der Waals surface area contributed by atoms with Gasteiger partial charge in [0.1, 0.15) is 12.0 Å². The molecule has 31 heavy (non-hydrogen) atoms. The summed E-state index contributed by atoms with van der Waals surface area (Å²) in [6, 6.07) is 3.09. The molecule has 0 spiro atoms. The zero-order chi connectivity index (χ0) is 24.3. The molecule has 2 N–H and O–H groups in total. The molecular formula is C25H36O6. The van der Waals surface area contributed by atoms with Gasteiger partial charge in [0.25, 0.3) is 0 Å². The van der Waals surface area contributed by atoms with Crippen molar-refractivity contribution in [2.75, 3.05) is 14.2 Å². The quantitative estimate of drug-likeness (QED) is 0.453. The minimum absolute atomic E-state index is 0.164. The highest BCUT2D eigenvalue weighted by Gasteiger charge is 2.23. The Morgan fingerprint density at radius 3 is 1.90 bits per heavy atom. The van der Waals surface area contributed by atoms with Crippen LogP contribution in [0.1, 0.15) is 78.4 Å². The zero-order valence-corrected chi connectivity index (χ0v) is 20.2. The number of benzene rings is 2. The number of phenols is 1. The minimum atomic E-state index is -0.371. The first-order valence-electron chi connectivity index (χ1n) is 10.4. The lowest BCUT2D eigenvalue weighted by molar-refractivity contribution is 0.101. The largest absolute Gasteiger partial charge is 0.504 e. The molecule has 2 aromatic rings.